The molecule has 0 saturated heterocycles. The van der Waals surface area contributed by atoms with Gasteiger partial charge in [0, 0.05) is 25.2 Å². The summed E-state index contributed by atoms with van der Waals surface area (Å²) in [4.78, 5) is 4.20. The first kappa shape index (κ1) is 15.1. The SMILES string of the molecule is C/C=C(\C=C/C[C@H]1COc2cccnc2O1)CNC1CCC1. The van der Waals surface area contributed by atoms with Crippen LogP contribution in [0.15, 0.2) is 42.1 Å². The normalized spacial score (nSPS) is 21.9. The van der Waals surface area contributed by atoms with Crippen molar-refractivity contribution in [3.8, 4) is 11.6 Å². The van der Waals surface area contributed by atoms with Crippen molar-refractivity contribution in [3.63, 3.8) is 0 Å². The van der Waals surface area contributed by atoms with Crippen molar-refractivity contribution >= 4 is 0 Å². The zero-order valence-corrected chi connectivity index (χ0v) is 13.1. The monoisotopic (exact) mass is 300 g/mol. The van der Waals surface area contributed by atoms with Gasteiger partial charge in [0.25, 0.3) is 5.88 Å². The molecule has 3 rings (SSSR count). The molecule has 0 spiro atoms. The number of hydrogen-bond acceptors (Lipinski definition) is 4. The molecule has 0 amide bonds. The van der Waals surface area contributed by atoms with Crippen LogP contribution in [-0.4, -0.2) is 30.3 Å². The third-order valence-corrected chi connectivity index (χ3v) is 4.24. The highest BCUT2D eigenvalue weighted by atomic mass is 16.6. The molecule has 118 valence electrons. The number of nitrogens with one attached hydrogen (secondary N) is 1. The number of pyridine rings is 1. The lowest BCUT2D eigenvalue weighted by Gasteiger charge is -2.26. The lowest BCUT2D eigenvalue weighted by Crippen LogP contribution is -2.36. The summed E-state index contributed by atoms with van der Waals surface area (Å²) in [6.07, 6.45) is 13.1. The van der Waals surface area contributed by atoms with Crippen molar-refractivity contribution in [2.45, 2.75) is 44.8 Å². The fourth-order valence-electron chi connectivity index (χ4n) is 2.57. The smallest absolute Gasteiger partial charge is 0.257 e. The molecule has 4 nitrogen and oxygen atoms in total. The second kappa shape index (κ2) is 7.45. The van der Waals surface area contributed by atoms with Crippen molar-refractivity contribution in [3.05, 3.63) is 42.1 Å². The molecule has 2 heterocycles. The van der Waals surface area contributed by atoms with Crippen LogP contribution in [0.25, 0.3) is 0 Å². The average molecular weight is 300 g/mol. The Morgan fingerprint density at radius 2 is 2.36 bits per heavy atom. The molecule has 1 N–H and O–H groups in total. The molecule has 0 bridgehead atoms. The Bertz CT molecular complexity index is 550. The van der Waals surface area contributed by atoms with Crippen LogP contribution in [-0.2, 0) is 0 Å². The third-order valence-electron chi connectivity index (χ3n) is 4.24. The molecule has 1 saturated carbocycles. The summed E-state index contributed by atoms with van der Waals surface area (Å²) >= 11 is 0. The van der Waals surface area contributed by atoms with Crippen LogP contribution in [0.4, 0.5) is 0 Å². The Morgan fingerprint density at radius 1 is 1.45 bits per heavy atom. The number of allylic oxidation sites excluding steroid dienone is 1. The van der Waals surface area contributed by atoms with E-state index in [9.17, 15) is 0 Å². The second-order valence-corrected chi connectivity index (χ2v) is 5.87. The molecule has 1 aromatic rings. The van der Waals surface area contributed by atoms with Gasteiger partial charge in [0.05, 0.1) is 0 Å². The molecule has 0 unspecified atom stereocenters. The molecule has 1 aliphatic carbocycles. The van der Waals surface area contributed by atoms with Gasteiger partial charge in [-0.1, -0.05) is 24.6 Å². The van der Waals surface area contributed by atoms with Gasteiger partial charge in [0.1, 0.15) is 12.7 Å². The van der Waals surface area contributed by atoms with E-state index in [1.165, 1.54) is 24.8 Å². The van der Waals surface area contributed by atoms with Gasteiger partial charge in [0.2, 0.25) is 0 Å². The lowest BCUT2D eigenvalue weighted by atomic mass is 9.93. The zero-order chi connectivity index (χ0) is 15.2. The fourth-order valence-corrected chi connectivity index (χ4v) is 2.57. The van der Waals surface area contributed by atoms with E-state index in [1.54, 1.807) is 6.20 Å². The second-order valence-electron chi connectivity index (χ2n) is 5.87. The summed E-state index contributed by atoms with van der Waals surface area (Å²) in [6.45, 7) is 3.61. The number of hydrogen-bond donors (Lipinski definition) is 1. The highest BCUT2D eigenvalue weighted by Gasteiger charge is 2.20. The average Bonchev–Trinajstić information content (AvgIpc) is 2.51. The van der Waals surface area contributed by atoms with E-state index in [4.69, 9.17) is 9.47 Å². The molecule has 2 aliphatic rings. The van der Waals surface area contributed by atoms with E-state index in [-0.39, 0.29) is 6.10 Å². The van der Waals surface area contributed by atoms with Crippen molar-refractivity contribution in [1.29, 1.82) is 0 Å². The Morgan fingerprint density at radius 3 is 3.14 bits per heavy atom. The number of fused-ring (bicyclic) bond motifs is 1. The Hall–Kier alpha value is -1.81. The maximum atomic E-state index is 5.85. The van der Waals surface area contributed by atoms with Gasteiger partial charge in [-0.2, -0.15) is 0 Å². The van der Waals surface area contributed by atoms with Gasteiger partial charge in [-0.15, -0.1) is 0 Å². The molecule has 1 fully saturated rings. The van der Waals surface area contributed by atoms with E-state index < -0.39 is 0 Å². The summed E-state index contributed by atoms with van der Waals surface area (Å²) in [5.41, 5.74) is 1.32. The Labute approximate surface area is 132 Å². The standard InChI is InChI=1S/C18H24N2O2/c1-2-14(12-20-15-7-4-8-15)6-3-9-16-13-21-17-10-5-11-19-18(17)22-16/h2-3,5-6,10-11,15-16,20H,4,7-9,12-13H2,1H3/b6-3-,14-2+/t16-/m0/s1. The predicted molar refractivity (Wildman–Crippen MR) is 87.3 cm³/mol. The molecule has 0 radical (unpaired) electrons. The molecule has 22 heavy (non-hydrogen) atoms. The van der Waals surface area contributed by atoms with Crippen molar-refractivity contribution < 1.29 is 9.47 Å². The first-order valence-electron chi connectivity index (χ1n) is 8.14. The van der Waals surface area contributed by atoms with Crippen molar-refractivity contribution in [2.24, 2.45) is 0 Å². The van der Waals surface area contributed by atoms with Crippen molar-refractivity contribution in [1.82, 2.24) is 10.3 Å². The molecule has 1 atom stereocenters. The maximum Gasteiger partial charge on any atom is 0.257 e. The number of nitrogens with zero attached hydrogens (tertiary/aromatic N) is 1. The van der Waals surface area contributed by atoms with Gasteiger partial charge in [-0.25, -0.2) is 4.98 Å². The van der Waals surface area contributed by atoms with Crippen LogP contribution in [0.1, 0.15) is 32.6 Å². The van der Waals surface area contributed by atoms with Gasteiger partial charge in [-0.3, -0.25) is 0 Å². The van der Waals surface area contributed by atoms with Crippen molar-refractivity contribution in [2.75, 3.05) is 13.2 Å². The molecular weight excluding hydrogens is 276 g/mol. The number of ether oxygens (including phenoxy) is 2. The molecule has 0 aromatic carbocycles. The summed E-state index contributed by atoms with van der Waals surface area (Å²) in [7, 11) is 0. The maximum absolute atomic E-state index is 5.85. The summed E-state index contributed by atoms with van der Waals surface area (Å²) in [5.74, 6) is 1.34. The molecular formula is C18H24N2O2. The Balaban J connectivity index is 1.45. The topological polar surface area (TPSA) is 43.4 Å². The van der Waals surface area contributed by atoms with Gasteiger partial charge >= 0.3 is 0 Å². The van der Waals surface area contributed by atoms with E-state index in [0.717, 1.165) is 24.8 Å². The summed E-state index contributed by atoms with van der Waals surface area (Å²) < 4.78 is 11.5. The van der Waals surface area contributed by atoms with E-state index in [2.05, 4.69) is 35.5 Å². The highest BCUT2D eigenvalue weighted by Crippen LogP contribution is 2.29. The van der Waals surface area contributed by atoms with Crippen LogP contribution >= 0.6 is 0 Å². The zero-order valence-electron chi connectivity index (χ0n) is 13.1. The minimum Gasteiger partial charge on any atom is -0.484 e. The quantitative estimate of drug-likeness (QED) is 0.819. The van der Waals surface area contributed by atoms with Gasteiger partial charge < -0.3 is 14.8 Å². The molecule has 4 heteroatoms. The van der Waals surface area contributed by atoms with Gasteiger partial charge in [-0.05, 0) is 37.5 Å². The minimum absolute atomic E-state index is 0.0383. The number of rotatable bonds is 6. The van der Waals surface area contributed by atoms with Crippen LogP contribution in [0.3, 0.4) is 0 Å². The van der Waals surface area contributed by atoms with Gasteiger partial charge in [0.15, 0.2) is 5.75 Å². The largest absolute Gasteiger partial charge is 0.484 e. The Kier molecular flexibility index (Phi) is 5.11. The fraction of sp³-hybridized carbons (Fsp3) is 0.500. The van der Waals surface area contributed by atoms with E-state index in [1.807, 2.05) is 12.1 Å². The van der Waals surface area contributed by atoms with E-state index >= 15 is 0 Å². The minimum atomic E-state index is 0.0383. The molecule has 1 aromatic heterocycles. The summed E-state index contributed by atoms with van der Waals surface area (Å²) in [5, 5.41) is 3.59. The van der Waals surface area contributed by atoms with Crippen LogP contribution in [0.2, 0.25) is 0 Å². The van der Waals surface area contributed by atoms with E-state index in [0.29, 0.717) is 12.5 Å². The predicted octanol–water partition coefficient (Wildman–Crippen LogP) is 3.26. The van der Waals surface area contributed by atoms with Crippen LogP contribution < -0.4 is 14.8 Å². The highest BCUT2D eigenvalue weighted by molar-refractivity contribution is 5.34. The number of aromatic nitrogens is 1. The first-order valence-corrected chi connectivity index (χ1v) is 8.14. The van der Waals surface area contributed by atoms with Crippen LogP contribution in [0.5, 0.6) is 11.6 Å². The first-order chi connectivity index (χ1) is 10.8. The third kappa shape index (κ3) is 3.89. The molecule has 1 aliphatic heterocycles. The lowest BCUT2D eigenvalue weighted by molar-refractivity contribution is 0.0870. The summed E-state index contributed by atoms with van der Waals surface area (Å²) in [6, 6.07) is 4.47. The van der Waals surface area contributed by atoms with Crippen LogP contribution in [0, 0.1) is 0 Å².